The molecule has 1 aromatic rings. The molecule has 0 saturated carbocycles. The van der Waals surface area contributed by atoms with E-state index in [0.717, 1.165) is 19.6 Å². The van der Waals surface area contributed by atoms with Crippen LogP contribution in [-0.4, -0.2) is 18.2 Å². The van der Waals surface area contributed by atoms with Gasteiger partial charge in [-0.1, -0.05) is 6.07 Å². The maximum Gasteiger partial charge on any atom is 0.123 e. The van der Waals surface area contributed by atoms with Gasteiger partial charge in [0, 0.05) is 18.7 Å². The van der Waals surface area contributed by atoms with Crippen LogP contribution in [0.15, 0.2) is 18.3 Å². The molecule has 2 rings (SSSR count). The van der Waals surface area contributed by atoms with Crippen molar-refractivity contribution < 1.29 is 4.74 Å². The number of hydrogen-bond donors (Lipinski definition) is 1. The Bertz CT molecular complexity index is 265. The van der Waals surface area contributed by atoms with E-state index in [0.29, 0.717) is 11.7 Å². The van der Waals surface area contributed by atoms with Crippen molar-refractivity contribution in [2.45, 2.75) is 18.8 Å². The quantitative estimate of drug-likeness (QED) is 0.710. The first-order valence-electron chi connectivity index (χ1n) is 4.65. The molecule has 1 aromatic heterocycles. The van der Waals surface area contributed by atoms with Crippen LogP contribution in [0.4, 0.5) is 5.82 Å². The highest BCUT2D eigenvalue weighted by atomic mass is 16.5. The molecule has 1 unspecified atom stereocenters. The Hall–Kier alpha value is -1.09. The van der Waals surface area contributed by atoms with Gasteiger partial charge in [-0.2, -0.15) is 0 Å². The summed E-state index contributed by atoms with van der Waals surface area (Å²) in [4.78, 5) is 4.08. The van der Waals surface area contributed by atoms with Crippen molar-refractivity contribution in [3.63, 3.8) is 0 Å². The summed E-state index contributed by atoms with van der Waals surface area (Å²) in [5.41, 5.74) is 6.76. The molecule has 1 aliphatic rings. The number of aromatic nitrogens is 1. The Morgan fingerprint density at radius 1 is 1.46 bits per heavy atom. The van der Waals surface area contributed by atoms with Gasteiger partial charge in [0.2, 0.25) is 0 Å². The molecular weight excluding hydrogens is 164 g/mol. The molecule has 0 aliphatic carbocycles. The maximum absolute atomic E-state index is 5.51. The molecule has 3 heteroatoms. The van der Waals surface area contributed by atoms with Crippen LogP contribution in [0.1, 0.15) is 24.3 Å². The van der Waals surface area contributed by atoms with Crippen LogP contribution in [0.25, 0.3) is 0 Å². The van der Waals surface area contributed by atoms with Crippen LogP contribution in [0, 0.1) is 0 Å². The molecule has 13 heavy (non-hydrogen) atoms. The fourth-order valence-corrected chi connectivity index (χ4v) is 1.66. The fourth-order valence-electron chi connectivity index (χ4n) is 1.66. The predicted octanol–water partition coefficient (Wildman–Crippen LogP) is 1.56. The molecule has 70 valence electrons. The lowest BCUT2D eigenvalue weighted by Gasteiger charge is -2.21. The van der Waals surface area contributed by atoms with Crippen molar-refractivity contribution in [1.29, 1.82) is 0 Å². The van der Waals surface area contributed by atoms with Gasteiger partial charge in [0.15, 0.2) is 0 Å². The van der Waals surface area contributed by atoms with E-state index in [1.807, 2.05) is 18.3 Å². The average Bonchev–Trinajstić information content (AvgIpc) is 2.20. The first-order valence-corrected chi connectivity index (χ1v) is 4.65. The smallest absolute Gasteiger partial charge is 0.123 e. The Morgan fingerprint density at radius 3 is 3.00 bits per heavy atom. The molecule has 1 fully saturated rings. The summed E-state index contributed by atoms with van der Waals surface area (Å²) in [6, 6.07) is 3.89. The number of nitrogens with zero attached hydrogens (tertiary/aromatic N) is 1. The van der Waals surface area contributed by atoms with Crippen molar-refractivity contribution in [3.8, 4) is 0 Å². The molecule has 2 heterocycles. The van der Waals surface area contributed by atoms with Gasteiger partial charge in [0.05, 0.1) is 6.61 Å². The summed E-state index contributed by atoms with van der Waals surface area (Å²) >= 11 is 0. The van der Waals surface area contributed by atoms with Gasteiger partial charge in [-0.3, -0.25) is 0 Å². The van der Waals surface area contributed by atoms with Gasteiger partial charge >= 0.3 is 0 Å². The van der Waals surface area contributed by atoms with Crippen molar-refractivity contribution in [2.24, 2.45) is 0 Å². The molecule has 2 N–H and O–H groups in total. The van der Waals surface area contributed by atoms with Gasteiger partial charge in [-0.15, -0.1) is 0 Å². The molecule has 0 aromatic carbocycles. The summed E-state index contributed by atoms with van der Waals surface area (Å²) in [5.74, 6) is 1.10. The van der Waals surface area contributed by atoms with Crippen LogP contribution in [-0.2, 0) is 4.74 Å². The Balaban J connectivity index is 2.10. The van der Waals surface area contributed by atoms with E-state index in [1.54, 1.807) is 0 Å². The Morgan fingerprint density at radius 2 is 2.38 bits per heavy atom. The molecule has 0 bridgehead atoms. The van der Waals surface area contributed by atoms with E-state index in [2.05, 4.69) is 4.98 Å². The van der Waals surface area contributed by atoms with Crippen LogP contribution in [0.2, 0.25) is 0 Å². The minimum Gasteiger partial charge on any atom is -0.384 e. The van der Waals surface area contributed by atoms with Gasteiger partial charge in [0.25, 0.3) is 0 Å². The Labute approximate surface area is 77.9 Å². The second kappa shape index (κ2) is 3.75. The zero-order valence-electron chi connectivity index (χ0n) is 7.57. The lowest BCUT2D eigenvalue weighted by molar-refractivity contribution is 0.0803. The number of pyridine rings is 1. The molecule has 1 aliphatic heterocycles. The second-order valence-corrected chi connectivity index (χ2v) is 3.43. The number of anilines is 1. The fraction of sp³-hybridized carbons (Fsp3) is 0.500. The van der Waals surface area contributed by atoms with E-state index >= 15 is 0 Å². The Kier molecular flexibility index (Phi) is 2.45. The van der Waals surface area contributed by atoms with Gasteiger partial charge in [0.1, 0.15) is 5.82 Å². The third kappa shape index (κ3) is 1.98. The molecular formula is C10H14N2O. The van der Waals surface area contributed by atoms with Crippen LogP contribution >= 0.6 is 0 Å². The molecule has 0 amide bonds. The van der Waals surface area contributed by atoms with E-state index in [9.17, 15) is 0 Å². The highest BCUT2D eigenvalue weighted by Gasteiger charge is 2.15. The van der Waals surface area contributed by atoms with E-state index < -0.39 is 0 Å². The predicted molar refractivity (Wildman–Crippen MR) is 51.4 cm³/mol. The van der Waals surface area contributed by atoms with Crippen molar-refractivity contribution in [2.75, 3.05) is 18.9 Å². The summed E-state index contributed by atoms with van der Waals surface area (Å²) in [7, 11) is 0. The third-order valence-corrected chi connectivity index (χ3v) is 2.44. The second-order valence-electron chi connectivity index (χ2n) is 3.43. The van der Waals surface area contributed by atoms with Gasteiger partial charge in [-0.25, -0.2) is 4.98 Å². The topological polar surface area (TPSA) is 48.1 Å². The lowest BCUT2D eigenvalue weighted by atomic mass is 9.95. The standard InChI is InChI=1S/C10H14N2O/c11-10-4-3-8(6-12-10)9-2-1-5-13-7-9/h3-4,6,9H,1-2,5,7H2,(H2,11,12). The van der Waals surface area contributed by atoms with Crippen LogP contribution in [0.3, 0.4) is 0 Å². The summed E-state index contributed by atoms with van der Waals surface area (Å²) < 4.78 is 5.41. The van der Waals surface area contributed by atoms with Gasteiger partial charge < -0.3 is 10.5 Å². The monoisotopic (exact) mass is 178 g/mol. The number of nitrogens with two attached hydrogens (primary N) is 1. The minimum absolute atomic E-state index is 0.516. The highest BCUT2D eigenvalue weighted by Crippen LogP contribution is 2.24. The number of nitrogen functional groups attached to an aromatic ring is 1. The molecule has 1 atom stereocenters. The number of rotatable bonds is 1. The van der Waals surface area contributed by atoms with E-state index in [1.165, 1.54) is 12.0 Å². The molecule has 0 spiro atoms. The average molecular weight is 178 g/mol. The maximum atomic E-state index is 5.51. The van der Waals surface area contributed by atoms with Crippen LogP contribution in [0.5, 0.6) is 0 Å². The normalized spacial score (nSPS) is 22.9. The zero-order chi connectivity index (χ0) is 9.10. The van der Waals surface area contributed by atoms with Crippen molar-refractivity contribution in [3.05, 3.63) is 23.9 Å². The van der Waals surface area contributed by atoms with Gasteiger partial charge in [-0.05, 0) is 24.5 Å². The lowest BCUT2D eigenvalue weighted by Crippen LogP contribution is -2.15. The van der Waals surface area contributed by atoms with Crippen molar-refractivity contribution in [1.82, 2.24) is 4.98 Å². The third-order valence-electron chi connectivity index (χ3n) is 2.44. The molecule has 0 radical (unpaired) electrons. The summed E-state index contributed by atoms with van der Waals surface area (Å²) in [6.45, 7) is 1.73. The van der Waals surface area contributed by atoms with E-state index in [4.69, 9.17) is 10.5 Å². The summed E-state index contributed by atoms with van der Waals surface area (Å²) in [5, 5.41) is 0. The summed E-state index contributed by atoms with van der Waals surface area (Å²) in [6.07, 6.45) is 4.20. The van der Waals surface area contributed by atoms with Crippen LogP contribution < -0.4 is 5.73 Å². The zero-order valence-corrected chi connectivity index (χ0v) is 7.57. The first kappa shape index (κ1) is 8.51. The molecule has 3 nitrogen and oxygen atoms in total. The van der Waals surface area contributed by atoms with E-state index in [-0.39, 0.29) is 0 Å². The number of ether oxygens (including phenoxy) is 1. The van der Waals surface area contributed by atoms with Crippen molar-refractivity contribution >= 4 is 5.82 Å². The molecule has 1 saturated heterocycles. The largest absolute Gasteiger partial charge is 0.384 e. The SMILES string of the molecule is Nc1ccc(C2CCCOC2)cn1. The first-order chi connectivity index (χ1) is 6.36. The number of hydrogen-bond acceptors (Lipinski definition) is 3. The minimum atomic E-state index is 0.516. The highest BCUT2D eigenvalue weighted by molar-refractivity contribution is 5.30.